The number of hydrogen-bond acceptors (Lipinski definition) is 5. The van der Waals surface area contributed by atoms with Gasteiger partial charge in [-0.3, -0.25) is 13.9 Å². The first-order chi connectivity index (χ1) is 15.9. The number of amides is 2. The molecule has 1 atom stereocenters. The number of sulfonamides is 1. The average molecular weight is 530 g/mol. The summed E-state index contributed by atoms with van der Waals surface area (Å²) in [5, 5.41) is 3.22. The van der Waals surface area contributed by atoms with Gasteiger partial charge in [0.2, 0.25) is 21.8 Å². The largest absolute Gasteiger partial charge is 0.495 e. The third-order valence-electron chi connectivity index (χ3n) is 5.30. The van der Waals surface area contributed by atoms with Gasteiger partial charge >= 0.3 is 0 Å². The molecule has 0 saturated carbocycles. The van der Waals surface area contributed by atoms with Crippen molar-refractivity contribution in [3.05, 3.63) is 57.6 Å². The number of rotatable bonds is 10. The van der Waals surface area contributed by atoms with Gasteiger partial charge in [0.05, 0.1) is 19.1 Å². The number of ether oxygens (including phenoxy) is 1. The van der Waals surface area contributed by atoms with Crippen molar-refractivity contribution in [2.45, 2.75) is 32.9 Å². The first kappa shape index (κ1) is 27.8. The molecule has 0 saturated heterocycles. The van der Waals surface area contributed by atoms with E-state index in [4.69, 9.17) is 27.9 Å². The topological polar surface area (TPSA) is 96.0 Å². The highest BCUT2D eigenvalue weighted by Gasteiger charge is 2.33. The molecule has 2 rings (SSSR count). The van der Waals surface area contributed by atoms with Gasteiger partial charge < -0.3 is 15.0 Å². The van der Waals surface area contributed by atoms with E-state index >= 15 is 0 Å². The van der Waals surface area contributed by atoms with Gasteiger partial charge in [-0.05, 0) is 43.2 Å². The summed E-state index contributed by atoms with van der Waals surface area (Å²) in [4.78, 5) is 27.5. The molecule has 8 nitrogen and oxygen atoms in total. The van der Waals surface area contributed by atoms with E-state index in [1.807, 2.05) is 0 Å². The lowest BCUT2D eigenvalue weighted by Crippen LogP contribution is -2.51. The number of likely N-dealkylation sites (N-methyl/N-ethyl adjacent to an activating group) is 1. The standard InChI is InChI=1S/C23H29Cl2N3O5S/c1-6-19(23(30)26-3)27(13-16-17(24)8-7-9-18(16)25)22(29)14-28(34(5,31)32)20-12-15(2)10-11-21(20)33-4/h7-12,19H,6,13-14H2,1-5H3,(H,26,30)/t19-/m1/s1. The van der Waals surface area contributed by atoms with Crippen LogP contribution in [0.15, 0.2) is 36.4 Å². The molecule has 2 aromatic carbocycles. The van der Waals surface area contributed by atoms with Crippen molar-refractivity contribution >= 4 is 50.7 Å². The van der Waals surface area contributed by atoms with Crippen LogP contribution in [0.25, 0.3) is 0 Å². The smallest absolute Gasteiger partial charge is 0.244 e. The number of nitrogens with one attached hydrogen (secondary N) is 1. The zero-order valence-electron chi connectivity index (χ0n) is 19.8. The monoisotopic (exact) mass is 529 g/mol. The molecule has 0 spiro atoms. The molecule has 2 aromatic rings. The van der Waals surface area contributed by atoms with Crippen molar-refractivity contribution in [3.8, 4) is 5.75 Å². The predicted molar refractivity (Wildman–Crippen MR) is 135 cm³/mol. The summed E-state index contributed by atoms with van der Waals surface area (Å²) in [5.41, 5.74) is 1.47. The minimum Gasteiger partial charge on any atom is -0.495 e. The maximum atomic E-state index is 13.6. The van der Waals surface area contributed by atoms with E-state index in [9.17, 15) is 18.0 Å². The van der Waals surface area contributed by atoms with E-state index in [1.54, 1.807) is 50.2 Å². The normalized spacial score (nSPS) is 12.1. The minimum absolute atomic E-state index is 0.0776. The fraction of sp³-hybridized carbons (Fsp3) is 0.391. The van der Waals surface area contributed by atoms with E-state index in [2.05, 4.69) is 5.32 Å². The molecule has 0 heterocycles. The van der Waals surface area contributed by atoms with Crippen LogP contribution in [0.5, 0.6) is 5.75 Å². The number of nitrogens with zero attached hydrogens (tertiary/aromatic N) is 2. The van der Waals surface area contributed by atoms with Crippen LogP contribution < -0.4 is 14.4 Å². The SMILES string of the molecule is CC[C@H](C(=O)NC)N(Cc1c(Cl)cccc1Cl)C(=O)CN(c1cc(C)ccc1OC)S(C)(=O)=O. The van der Waals surface area contributed by atoms with Crippen LogP contribution in [0, 0.1) is 6.92 Å². The van der Waals surface area contributed by atoms with Crippen molar-refractivity contribution in [2.75, 3.05) is 31.3 Å². The summed E-state index contributed by atoms with van der Waals surface area (Å²) >= 11 is 12.7. The van der Waals surface area contributed by atoms with Gasteiger partial charge in [-0.25, -0.2) is 8.42 Å². The van der Waals surface area contributed by atoms with Crippen molar-refractivity contribution in [1.29, 1.82) is 0 Å². The quantitative estimate of drug-likeness (QED) is 0.506. The van der Waals surface area contributed by atoms with E-state index in [-0.39, 0.29) is 12.2 Å². The van der Waals surface area contributed by atoms with Crippen LogP contribution in [0.1, 0.15) is 24.5 Å². The van der Waals surface area contributed by atoms with Gasteiger partial charge in [0.15, 0.2) is 0 Å². The van der Waals surface area contributed by atoms with Gasteiger partial charge in [-0.1, -0.05) is 42.3 Å². The molecule has 0 aliphatic carbocycles. The Kier molecular flexibility index (Phi) is 9.61. The lowest BCUT2D eigenvalue weighted by atomic mass is 10.1. The van der Waals surface area contributed by atoms with Crippen LogP contribution in [-0.2, 0) is 26.2 Å². The van der Waals surface area contributed by atoms with E-state index < -0.39 is 34.4 Å². The second-order valence-electron chi connectivity index (χ2n) is 7.71. The molecule has 186 valence electrons. The first-order valence-corrected chi connectivity index (χ1v) is 13.1. The fourth-order valence-electron chi connectivity index (χ4n) is 3.53. The summed E-state index contributed by atoms with van der Waals surface area (Å²) in [6.07, 6.45) is 1.30. The number of carbonyl (C=O) groups excluding carboxylic acids is 2. The number of aryl methyl sites for hydroxylation is 1. The minimum atomic E-state index is -3.89. The molecule has 0 fully saturated rings. The first-order valence-electron chi connectivity index (χ1n) is 10.5. The molecule has 11 heteroatoms. The molecule has 0 aliphatic rings. The number of anilines is 1. The molecule has 0 radical (unpaired) electrons. The molecular weight excluding hydrogens is 501 g/mol. The van der Waals surface area contributed by atoms with Crippen LogP contribution in [0.3, 0.4) is 0 Å². The highest BCUT2D eigenvalue weighted by Crippen LogP contribution is 2.32. The summed E-state index contributed by atoms with van der Waals surface area (Å²) in [5.74, 6) is -0.693. The second-order valence-corrected chi connectivity index (χ2v) is 10.4. The predicted octanol–water partition coefficient (Wildman–Crippen LogP) is 3.63. The Morgan fingerprint density at radius 3 is 2.26 bits per heavy atom. The molecule has 34 heavy (non-hydrogen) atoms. The summed E-state index contributed by atoms with van der Waals surface area (Å²) in [7, 11) is -1.00. The number of hydrogen-bond donors (Lipinski definition) is 1. The summed E-state index contributed by atoms with van der Waals surface area (Å²) in [6.45, 7) is 2.93. The lowest BCUT2D eigenvalue weighted by Gasteiger charge is -2.33. The van der Waals surface area contributed by atoms with Crippen molar-refractivity contribution < 1.29 is 22.7 Å². The molecular formula is C23H29Cl2N3O5S. The maximum Gasteiger partial charge on any atom is 0.244 e. The fourth-order valence-corrected chi connectivity index (χ4v) is 4.89. The highest BCUT2D eigenvalue weighted by atomic mass is 35.5. The van der Waals surface area contributed by atoms with Crippen molar-refractivity contribution in [2.24, 2.45) is 0 Å². The zero-order chi connectivity index (χ0) is 25.6. The van der Waals surface area contributed by atoms with E-state index in [0.717, 1.165) is 16.1 Å². The van der Waals surface area contributed by atoms with E-state index in [1.165, 1.54) is 19.1 Å². The third-order valence-corrected chi connectivity index (χ3v) is 7.14. The van der Waals surface area contributed by atoms with Crippen molar-refractivity contribution in [3.63, 3.8) is 0 Å². The molecule has 1 N–H and O–H groups in total. The van der Waals surface area contributed by atoms with Gasteiger partial charge in [0.1, 0.15) is 18.3 Å². The summed E-state index contributed by atoms with van der Waals surface area (Å²) < 4.78 is 31.8. The molecule has 0 aliphatic heterocycles. The Morgan fingerprint density at radius 1 is 1.15 bits per heavy atom. The Hall–Kier alpha value is -2.49. The van der Waals surface area contributed by atoms with Crippen LogP contribution in [-0.4, -0.2) is 58.1 Å². The zero-order valence-corrected chi connectivity index (χ0v) is 22.1. The second kappa shape index (κ2) is 11.8. The Morgan fingerprint density at radius 2 is 1.76 bits per heavy atom. The molecule has 2 amide bonds. The molecule has 0 bridgehead atoms. The Balaban J connectivity index is 2.56. The number of benzene rings is 2. The Labute approximate surface area is 210 Å². The molecule has 0 aromatic heterocycles. The number of carbonyl (C=O) groups is 2. The van der Waals surface area contributed by atoms with Gasteiger partial charge in [0.25, 0.3) is 0 Å². The lowest BCUT2D eigenvalue weighted by molar-refractivity contribution is -0.140. The van der Waals surface area contributed by atoms with Gasteiger partial charge in [-0.2, -0.15) is 0 Å². The third kappa shape index (κ3) is 6.55. The average Bonchev–Trinajstić information content (AvgIpc) is 2.77. The van der Waals surface area contributed by atoms with Crippen LogP contribution in [0.4, 0.5) is 5.69 Å². The van der Waals surface area contributed by atoms with Crippen LogP contribution in [0.2, 0.25) is 10.0 Å². The highest BCUT2D eigenvalue weighted by molar-refractivity contribution is 7.92. The Bertz CT molecular complexity index is 1140. The van der Waals surface area contributed by atoms with Crippen LogP contribution >= 0.6 is 23.2 Å². The number of methoxy groups -OCH3 is 1. The van der Waals surface area contributed by atoms with Crippen molar-refractivity contribution in [1.82, 2.24) is 10.2 Å². The summed E-state index contributed by atoms with van der Waals surface area (Å²) in [6, 6.07) is 9.10. The number of halogens is 2. The maximum absolute atomic E-state index is 13.6. The van der Waals surface area contributed by atoms with E-state index in [0.29, 0.717) is 27.8 Å². The molecule has 0 unspecified atom stereocenters. The van der Waals surface area contributed by atoms with Gasteiger partial charge in [0, 0.05) is 29.2 Å². The van der Waals surface area contributed by atoms with Gasteiger partial charge in [-0.15, -0.1) is 0 Å².